The van der Waals surface area contributed by atoms with E-state index in [2.05, 4.69) is 12.1 Å². The molecule has 0 unspecified atom stereocenters. The average molecular weight is 254 g/mol. The Balaban J connectivity index is 1.59. The number of furan rings is 1. The molecular weight excluding hydrogens is 236 g/mol. The van der Waals surface area contributed by atoms with Crippen LogP contribution in [0.1, 0.15) is 53.3 Å². The molecule has 0 atom stereocenters. The predicted octanol–water partition coefficient (Wildman–Crippen LogP) is 4.36. The lowest BCUT2D eigenvalue weighted by Crippen LogP contribution is -2.09. The lowest BCUT2D eigenvalue weighted by atomic mass is 9.80. The molecule has 0 bridgehead atoms. The Kier molecular flexibility index (Phi) is 3.49. The predicted molar refractivity (Wildman–Crippen MR) is 74.4 cm³/mol. The maximum Gasteiger partial charge on any atom is 0.163 e. The molecule has 1 fully saturated rings. The summed E-state index contributed by atoms with van der Waals surface area (Å²) in [5, 5.41) is 0. The summed E-state index contributed by atoms with van der Waals surface area (Å²) in [7, 11) is 0. The largest absolute Gasteiger partial charge is 0.469 e. The Labute approximate surface area is 113 Å². The zero-order valence-corrected chi connectivity index (χ0v) is 11.0. The minimum absolute atomic E-state index is 0.191. The van der Waals surface area contributed by atoms with Crippen LogP contribution in [0.25, 0.3) is 0 Å². The van der Waals surface area contributed by atoms with Crippen LogP contribution >= 0.6 is 0 Å². The summed E-state index contributed by atoms with van der Waals surface area (Å²) in [6.45, 7) is 0. The van der Waals surface area contributed by atoms with Gasteiger partial charge in [0.05, 0.1) is 6.26 Å². The summed E-state index contributed by atoms with van der Waals surface area (Å²) >= 11 is 0. The first-order valence-corrected chi connectivity index (χ1v) is 6.98. The second-order valence-electron chi connectivity index (χ2n) is 5.25. The maximum atomic E-state index is 12.1. The second kappa shape index (κ2) is 5.43. The quantitative estimate of drug-likeness (QED) is 0.742. The van der Waals surface area contributed by atoms with E-state index < -0.39 is 0 Å². The van der Waals surface area contributed by atoms with Crippen LogP contribution in [0, 0.1) is 0 Å². The number of carbonyl (C=O) groups excluding carboxylic acids is 1. The lowest BCUT2D eigenvalue weighted by Gasteiger charge is -2.25. The van der Waals surface area contributed by atoms with Gasteiger partial charge in [-0.05, 0) is 36.5 Å². The average Bonchev–Trinajstić information content (AvgIpc) is 2.88. The number of hydrogen-bond acceptors (Lipinski definition) is 2. The zero-order chi connectivity index (χ0) is 13.1. The molecule has 0 aliphatic heterocycles. The lowest BCUT2D eigenvalue weighted by molar-refractivity contribution is 0.0981. The molecule has 2 nitrogen and oxygen atoms in total. The van der Waals surface area contributed by atoms with Crippen molar-refractivity contribution >= 4 is 5.78 Å². The van der Waals surface area contributed by atoms with Crippen molar-refractivity contribution < 1.29 is 9.21 Å². The number of rotatable bonds is 5. The van der Waals surface area contributed by atoms with Gasteiger partial charge in [0.2, 0.25) is 0 Å². The van der Waals surface area contributed by atoms with E-state index in [9.17, 15) is 4.79 Å². The molecule has 1 aliphatic rings. The molecule has 3 rings (SSSR count). The van der Waals surface area contributed by atoms with Crippen LogP contribution < -0.4 is 0 Å². The van der Waals surface area contributed by atoms with Crippen molar-refractivity contribution in [1.29, 1.82) is 0 Å². The molecule has 1 heterocycles. The van der Waals surface area contributed by atoms with E-state index in [1.807, 2.05) is 24.3 Å². The third-order valence-corrected chi connectivity index (χ3v) is 3.99. The van der Waals surface area contributed by atoms with E-state index >= 15 is 0 Å². The van der Waals surface area contributed by atoms with E-state index in [0.717, 1.165) is 17.2 Å². The number of benzene rings is 1. The van der Waals surface area contributed by atoms with Crippen LogP contribution in [0.5, 0.6) is 0 Å². The Bertz CT molecular complexity index is 533. The van der Waals surface area contributed by atoms with Crippen LogP contribution in [0.15, 0.2) is 47.1 Å². The monoisotopic (exact) mass is 254 g/mol. The minimum Gasteiger partial charge on any atom is -0.469 e. The number of Topliss-reactive ketones (excluding diaryl/α,β-unsaturated/α-hetero) is 1. The van der Waals surface area contributed by atoms with Crippen LogP contribution in [-0.4, -0.2) is 5.78 Å². The van der Waals surface area contributed by atoms with Gasteiger partial charge in [-0.15, -0.1) is 0 Å². The van der Waals surface area contributed by atoms with Gasteiger partial charge in [0.25, 0.3) is 0 Å². The molecule has 0 N–H and O–H groups in total. The molecule has 98 valence electrons. The molecule has 1 aliphatic carbocycles. The Morgan fingerprint density at radius 2 is 1.95 bits per heavy atom. The van der Waals surface area contributed by atoms with Gasteiger partial charge in [0, 0.05) is 18.4 Å². The minimum atomic E-state index is 0.191. The van der Waals surface area contributed by atoms with Crippen molar-refractivity contribution in [1.82, 2.24) is 0 Å². The number of ketones is 1. The molecule has 2 aromatic rings. The highest BCUT2D eigenvalue weighted by atomic mass is 16.3. The Morgan fingerprint density at radius 1 is 1.16 bits per heavy atom. The number of aryl methyl sites for hydroxylation is 1. The summed E-state index contributed by atoms with van der Waals surface area (Å²) in [6.07, 6.45) is 6.77. The molecule has 19 heavy (non-hydrogen) atoms. The van der Waals surface area contributed by atoms with E-state index in [1.165, 1.54) is 24.8 Å². The number of hydrogen-bond donors (Lipinski definition) is 0. The third kappa shape index (κ3) is 2.78. The molecule has 0 saturated heterocycles. The van der Waals surface area contributed by atoms with Crippen molar-refractivity contribution in [2.75, 3.05) is 0 Å². The van der Waals surface area contributed by atoms with Crippen LogP contribution in [0.3, 0.4) is 0 Å². The fraction of sp³-hybridized carbons (Fsp3) is 0.353. The molecule has 1 aromatic carbocycles. The van der Waals surface area contributed by atoms with Gasteiger partial charge in [0.15, 0.2) is 5.78 Å². The molecule has 1 aromatic heterocycles. The highest BCUT2D eigenvalue weighted by Crippen LogP contribution is 2.36. The molecular formula is C17H18O2. The summed E-state index contributed by atoms with van der Waals surface area (Å²) in [6, 6.07) is 11.9. The van der Waals surface area contributed by atoms with Gasteiger partial charge in [-0.1, -0.05) is 30.7 Å². The van der Waals surface area contributed by atoms with Crippen LogP contribution in [0.4, 0.5) is 0 Å². The van der Waals surface area contributed by atoms with Crippen molar-refractivity contribution in [2.45, 2.75) is 38.0 Å². The summed E-state index contributed by atoms with van der Waals surface area (Å²) in [5.41, 5.74) is 2.20. The molecule has 0 amide bonds. The standard InChI is InChI=1S/C17H18O2/c18-17(11-10-16-5-2-12-19-16)15-8-6-14(7-9-15)13-3-1-4-13/h2,5-9,12-13H,1,3-4,10-11H2. The van der Waals surface area contributed by atoms with Crippen LogP contribution in [0.2, 0.25) is 0 Å². The van der Waals surface area contributed by atoms with Crippen molar-refractivity contribution in [2.24, 2.45) is 0 Å². The highest BCUT2D eigenvalue weighted by Gasteiger charge is 2.19. The van der Waals surface area contributed by atoms with Gasteiger partial charge in [-0.25, -0.2) is 0 Å². The second-order valence-corrected chi connectivity index (χ2v) is 5.25. The number of carbonyl (C=O) groups is 1. The summed E-state index contributed by atoms with van der Waals surface area (Å²) in [4.78, 5) is 12.1. The smallest absolute Gasteiger partial charge is 0.163 e. The van der Waals surface area contributed by atoms with E-state index in [4.69, 9.17) is 4.42 Å². The topological polar surface area (TPSA) is 30.2 Å². The van der Waals surface area contributed by atoms with Gasteiger partial charge in [0.1, 0.15) is 5.76 Å². The van der Waals surface area contributed by atoms with E-state index in [1.54, 1.807) is 6.26 Å². The van der Waals surface area contributed by atoms with Crippen LogP contribution in [-0.2, 0) is 6.42 Å². The van der Waals surface area contributed by atoms with Gasteiger partial charge >= 0.3 is 0 Å². The molecule has 2 heteroatoms. The van der Waals surface area contributed by atoms with Gasteiger partial charge in [-0.2, -0.15) is 0 Å². The van der Waals surface area contributed by atoms with Crippen molar-refractivity contribution in [3.8, 4) is 0 Å². The first-order chi connectivity index (χ1) is 9.33. The first kappa shape index (κ1) is 12.2. The third-order valence-electron chi connectivity index (χ3n) is 3.99. The van der Waals surface area contributed by atoms with Crippen molar-refractivity contribution in [3.05, 3.63) is 59.5 Å². The Morgan fingerprint density at radius 3 is 2.53 bits per heavy atom. The highest BCUT2D eigenvalue weighted by molar-refractivity contribution is 5.96. The SMILES string of the molecule is O=C(CCc1ccco1)c1ccc(C2CCC2)cc1. The maximum absolute atomic E-state index is 12.1. The molecule has 0 radical (unpaired) electrons. The van der Waals surface area contributed by atoms with E-state index in [-0.39, 0.29) is 5.78 Å². The Hall–Kier alpha value is -1.83. The fourth-order valence-electron chi connectivity index (χ4n) is 2.52. The zero-order valence-electron chi connectivity index (χ0n) is 11.0. The van der Waals surface area contributed by atoms with Gasteiger partial charge < -0.3 is 4.42 Å². The fourth-order valence-corrected chi connectivity index (χ4v) is 2.52. The van der Waals surface area contributed by atoms with E-state index in [0.29, 0.717) is 12.8 Å². The summed E-state index contributed by atoms with van der Waals surface area (Å²) in [5.74, 6) is 1.79. The normalized spacial score (nSPS) is 15.2. The molecule has 1 saturated carbocycles. The summed E-state index contributed by atoms with van der Waals surface area (Å²) < 4.78 is 5.24. The van der Waals surface area contributed by atoms with Crippen molar-refractivity contribution in [3.63, 3.8) is 0 Å². The van der Waals surface area contributed by atoms with Gasteiger partial charge in [-0.3, -0.25) is 4.79 Å². The first-order valence-electron chi connectivity index (χ1n) is 6.98. The molecule has 0 spiro atoms.